The SMILES string of the molecule is Cc1cccc(Nc2ncccc2C(=O)NCCCN(C)c2ccccc2)c1C. The Morgan fingerprint density at radius 1 is 1.00 bits per heavy atom. The van der Waals surface area contributed by atoms with Crippen molar-refractivity contribution in [3.05, 3.63) is 83.6 Å². The van der Waals surface area contributed by atoms with Crippen LogP contribution in [0.3, 0.4) is 0 Å². The Hall–Kier alpha value is -3.34. The number of aromatic nitrogens is 1. The van der Waals surface area contributed by atoms with Crippen molar-refractivity contribution in [2.24, 2.45) is 0 Å². The third-order valence-corrected chi connectivity index (χ3v) is 5.06. The number of amides is 1. The van der Waals surface area contributed by atoms with Crippen LogP contribution in [0.1, 0.15) is 27.9 Å². The topological polar surface area (TPSA) is 57.3 Å². The van der Waals surface area contributed by atoms with Gasteiger partial charge in [0.25, 0.3) is 5.91 Å². The highest BCUT2D eigenvalue weighted by atomic mass is 16.1. The van der Waals surface area contributed by atoms with Crippen molar-refractivity contribution in [1.29, 1.82) is 0 Å². The quantitative estimate of drug-likeness (QED) is 0.549. The van der Waals surface area contributed by atoms with Gasteiger partial charge in [0.1, 0.15) is 5.82 Å². The molecule has 0 spiro atoms. The van der Waals surface area contributed by atoms with Gasteiger partial charge in [0, 0.05) is 37.7 Å². The monoisotopic (exact) mass is 388 g/mol. The van der Waals surface area contributed by atoms with Crippen LogP contribution >= 0.6 is 0 Å². The second-order valence-electron chi connectivity index (χ2n) is 7.14. The largest absolute Gasteiger partial charge is 0.375 e. The Morgan fingerprint density at radius 2 is 1.79 bits per heavy atom. The highest BCUT2D eigenvalue weighted by Gasteiger charge is 2.13. The third-order valence-electron chi connectivity index (χ3n) is 5.06. The number of pyridine rings is 1. The highest BCUT2D eigenvalue weighted by Crippen LogP contribution is 2.23. The maximum absolute atomic E-state index is 12.7. The van der Waals surface area contributed by atoms with Crippen LogP contribution in [0, 0.1) is 13.8 Å². The number of para-hydroxylation sites is 1. The number of rotatable bonds is 8. The number of anilines is 3. The standard InChI is InChI=1S/C24H28N4O/c1-18-10-7-14-22(19(18)2)27-23-21(13-8-15-25-23)24(29)26-16-9-17-28(3)20-11-5-4-6-12-20/h4-8,10-15H,9,16-17H2,1-3H3,(H,25,27)(H,26,29). The van der Waals surface area contributed by atoms with Crippen molar-refractivity contribution in [2.75, 3.05) is 30.4 Å². The zero-order valence-corrected chi connectivity index (χ0v) is 17.3. The van der Waals surface area contributed by atoms with Crippen molar-refractivity contribution in [3.8, 4) is 0 Å². The first-order chi connectivity index (χ1) is 14.1. The second kappa shape index (κ2) is 9.73. The van der Waals surface area contributed by atoms with Gasteiger partial charge in [-0.3, -0.25) is 4.79 Å². The number of carbonyl (C=O) groups excluding carboxylic acids is 1. The first-order valence-corrected chi connectivity index (χ1v) is 9.89. The number of nitrogens with one attached hydrogen (secondary N) is 2. The summed E-state index contributed by atoms with van der Waals surface area (Å²) in [6.45, 7) is 5.60. The van der Waals surface area contributed by atoms with Gasteiger partial charge in [-0.1, -0.05) is 30.3 Å². The average molecular weight is 389 g/mol. The summed E-state index contributed by atoms with van der Waals surface area (Å²) in [4.78, 5) is 19.3. The third kappa shape index (κ3) is 5.35. The summed E-state index contributed by atoms with van der Waals surface area (Å²) in [5.41, 5.74) is 5.02. The molecule has 2 N–H and O–H groups in total. The van der Waals surface area contributed by atoms with E-state index in [0.29, 0.717) is 17.9 Å². The van der Waals surface area contributed by atoms with E-state index in [4.69, 9.17) is 0 Å². The molecule has 0 fully saturated rings. The summed E-state index contributed by atoms with van der Waals surface area (Å²) >= 11 is 0. The molecule has 0 radical (unpaired) electrons. The molecule has 150 valence electrons. The van der Waals surface area contributed by atoms with Crippen LogP contribution in [0.25, 0.3) is 0 Å². The Morgan fingerprint density at radius 3 is 2.59 bits per heavy atom. The lowest BCUT2D eigenvalue weighted by Crippen LogP contribution is -2.28. The van der Waals surface area contributed by atoms with Crippen LogP contribution in [-0.2, 0) is 0 Å². The van der Waals surface area contributed by atoms with Gasteiger partial charge in [0.05, 0.1) is 5.56 Å². The number of aryl methyl sites for hydroxylation is 1. The van der Waals surface area contributed by atoms with Crippen LogP contribution in [0.5, 0.6) is 0 Å². The lowest BCUT2D eigenvalue weighted by atomic mass is 10.1. The molecular weight excluding hydrogens is 360 g/mol. The van der Waals surface area contributed by atoms with E-state index in [2.05, 4.69) is 59.6 Å². The van der Waals surface area contributed by atoms with E-state index in [1.54, 1.807) is 18.3 Å². The van der Waals surface area contributed by atoms with E-state index >= 15 is 0 Å². The molecule has 1 amide bonds. The summed E-state index contributed by atoms with van der Waals surface area (Å²) in [5, 5.41) is 6.32. The van der Waals surface area contributed by atoms with Crippen LogP contribution in [-0.4, -0.2) is 31.0 Å². The van der Waals surface area contributed by atoms with Crippen LogP contribution in [0.4, 0.5) is 17.2 Å². The fraction of sp³-hybridized carbons (Fsp3) is 0.250. The van der Waals surface area contributed by atoms with Crippen molar-refractivity contribution in [2.45, 2.75) is 20.3 Å². The number of nitrogens with zero attached hydrogens (tertiary/aromatic N) is 2. The molecule has 0 saturated carbocycles. The minimum atomic E-state index is -0.117. The van der Waals surface area contributed by atoms with E-state index < -0.39 is 0 Å². The molecule has 29 heavy (non-hydrogen) atoms. The van der Waals surface area contributed by atoms with Gasteiger partial charge < -0.3 is 15.5 Å². The predicted molar refractivity (Wildman–Crippen MR) is 120 cm³/mol. The molecule has 0 aliphatic heterocycles. The fourth-order valence-corrected chi connectivity index (χ4v) is 3.13. The lowest BCUT2D eigenvalue weighted by Gasteiger charge is -2.19. The van der Waals surface area contributed by atoms with Crippen molar-refractivity contribution in [3.63, 3.8) is 0 Å². The van der Waals surface area contributed by atoms with Gasteiger partial charge in [-0.25, -0.2) is 4.98 Å². The first kappa shape index (κ1) is 20.4. The van der Waals surface area contributed by atoms with Crippen molar-refractivity contribution < 1.29 is 4.79 Å². The van der Waals surface area contributed by atoms with E-state index in [1.807, 2.05) is 30.3 Å². The summed E-state index contributed by atoms with van der Waals surface area (Å²) < 4.78 is 0. The molecule has 3 rings (SSSR count). The zero-order valence-electron chi connectivity index (χ0n) is 17.3. The molecule has 0 bridgehead atoms. The molecule has 5 nitrogen and oxygen atoms in total. The van der Waals surface area contributed by atoms with Crippen LogP contribution in [0.15, 0.2) is 66.9 Å². The maximum atomic E-state index is 12.7. The molecule has 0 unspecified atom stereocenters. The normalized spacial score (nSPS) is 10.4. The number of hydrogen-bond acceptors (Lipinski definition) is 4. The molecular formula is C24H28N4O. The Labute approximate surface area is 172 Å². The molecule has 0 aliphatic rings. The summed E-state index contributed by atoms with van der Waals surface area (Å²) in [6, 6.07) is 19.9. The highest BCUT2D eigenvalue weighted by molar-refractivity contribution is 5.99. The average Bonchev–Trinajstić information content (AvgIpc) is 2.75. The molecule has 2 aromatic carbocycles. The number of carbonyl (C=O) groups is 1. The molecule has 5 heteroatoms. The Bertz CT molecular complexity index is 956. The van der Waals surface area contributed by atoms with Gasteiger partial charge in [0.2, 0.25) is 0 Å². The second-order valence-corrected chi connectivity index (χ2v) is 7.14. The zero-order chi connectivity index (χ0) is 20.6. The summed E-state index contributed by atoms with van der Waals surface area (Å²) in [7, 11) is 2.06. The molecule has 0 aliphatic carbocycles. The molecule has 0 atom stereocenters. The van der Waals surface area contributed by atoms with E-state index in [0.717, 1.165) is 24.2 Å². The van der Waals surface area contributed by atoms with Gasteiger partial charge in [-0.2, -0.15) is 0 Å². The minimum absolute atomic E-state index is 0.117. The van der Waals surface area contributed by atoms with Crippen molar-refractivity contribution >= 4 is 23.1 Å². The Balaban J connectivity index is 1.58. The number of benzene rings is 2. The van der Waals surface area contributed by atoms with Gasteiger partial charge in [0.15, 0.2) is 0 Å². The van der Waals surface area contributed by atoms with Crippen LogP contribution < -0.4 is 15.5 Å². The summed E-state index contributed by atoms with van der Waals surface area (Å²) in [6.07, 6.45) is 2.55. The van der Waals surface area contributed by atoms with Gasteiger partial charge in [-0.05, 0) is 61.7 Å². The predicted octanol–water partition coefficient (Wildman–Crippen LogP) is 4.70. The molecule has 3 aromatic rings. The van der Waals surface area contributed by atoms with E-state index in [9.17, 15) is 4.79 Å². The first-order valence-electron chi connectivity index (χ1n) is 9.89. The molecule has 0 saturated heterocycles. The molecule has 1 heterocycles. The van der Waals surface area contributed by atoms with Gasteiger partial charge in [-0.15, -0.1) is 0 Å². The number of hydrogen-bond donors (Lipinski definition) is 2. The van der Waals surface area contributed by atoms with Crippen LogP contribution in [0.2, 0.25) is 0 Å². The fourth-order valence-electron chi connectivity index (χ4n) is 3.13. The van der Waals surface area contributed by atoms with E-state index in [1.165, 1.54) is 11.3 Å². The lowest BCUT2D eigenvalue weighted by molar-refractivity contribution is 0.0954. The maximum Gasteiger partial charge on any atom is 0.255 e. The van der Waals surface area contributed by atoms with Crippen molar-refractivity contribution in [1.82, 2.24) is 10.3 Å². The Kier molecular flexibility index (Phi) is 6.85. The smallest absolute Gasteiger partial charge is 0.255 e. The minimum Gasteiger partial charge on any atom is -0.375 e. The van der Waals surface area contributed by atoms with E-state index in [-0.39, 0.29) is 5.91 Å². The summed E-state index contributed by atoms with van der Waals surface area (Å²) in [5.74, 6) is 0.452. The van der Waals surface area contributed by atoms with Gasteiger partial charge >= 0.3 is 0 Å². The molecule has 1 aromatic heterocycles.